The van der Waals surface area contributed by atoms with Crippen molar-refractivity contribution in [2.75, 3.05) is 0 Å². The van der Waals surface area contributed by atoms with E-state index in [1.807, 2.05) is 0 Å². The van der Waals surface area contributed by atoms with E-state index in [9.17, 15) is 0 Å². The van der Waals surface area contributed by atoms with Crippen molar-refractivity contribution >= 4 is 78.6 Å². The summed E-state index contributed by atoms with van der Waals surface area (Å²) in [6, 6.07) is 44.1. The van der Waals surface area contributed by atoms with Gasteiger partial charge in [0.15, 0.2) is 0 Å². The van der Waals surface area contributed by atoms with Crippen LogP contribution in [0.25, 0.3) is 0 Å². The van der Waals surface area contributed by atoms with Crippen LogP contribution in [-0.2, 0) is 0 Å². The number of halogens is 2. The summed E-state index contributed by atoms with van der Waals surface area (Å²) in [6.45, 7) is 0. The molecule has 0 saturated carbocycles. The molecule has 0 N–H and O–H groups in total. The Balaban J connectivity index is 1.91. The zero-order valence-corrected chi connectivity index (χ0v) is 22.6. The van der Waals surface area contributed by atoms with Gasteiger partial charge in [-0.15, -0.1) is 0 Å². The number of hydrogen-bond acceptors (Lipinski definition) is 0. The summed E-state index contributed by atoms with van der Waals surface area (Å²) < 4.78 is 5.67. The van der Waals surface area contributed by atoms with Crippen molar-refractivity contribution in [3.05, 3.63) is 121 Å². The Hall–Kier alpha value is -1.04. The molecular weight excluding hydrogens is 610 g/mol. The predicted molar refractivity (Wildman–Crippen MR) is 136 cm³/mol. The molecule has 29 heavy (non-hydrogen) atoms. The van der Waals surface area contributed by atoms with E-state index in [-0.39, 0.29) is 0.809 Å². The van der Waals surface area contributed by atoms with Crippen molar-refractivity contribution in [3.8, 4) is 0 Å². The van der Waals surface area contributed by atoms with Gasteiger partial charge in [0.1, 0.15) is 0 Å². The molecule has 0 radical (unpaired) electrons. The second-order valence-electron chi connectivity index (χ2n) is 6.52. The number of benzene rings is 4. The van der Waals surface area contributed by atoms with Crippen LogP contribution in [0.4, 0.5) is 0 Å². The summed E-state index contributed by atoms with van der Waals surface area (Å²) in [7, 11) is 0. The summed E-state index contributed by atoms with van der Waals surface area (Å²) >= 11 is 5.12. The van der Waals surface area contributed by atoms with Gasteiger partial charge in [0.25, 0.3) is 0 Å². The van der Waals surface area contributed by atoms with E-state index in [1.54, 1.807) is 0 Å². The molecule has 4 rings (SSSR count). The van der Waals surface area contributed by atoms with Gasteiger partial charge >= 0.3 is 201 Å². The Morgan fingerprint density at radius 2 is 0.586 bits per heavy atom. The summed E-state index contributed by atoms with van der Waals surface area (Å²) in [6.07, 6.45) is 0. The van der Waals surface area contributed by atoms with Crippen molar-refractivity contribution in [2.45, 2.75) is 0.809 Å². The van der Waals surface area contributed by atoms with Gasteiger partial charge < -0.3 is 0 Å². The van der Waals surface area contributed by atoms with Crippen molar-refractivity contribution < 1.29 is 0 Å². The average Bonchev–Trinajstić information content (AvgIpc) is 2.77. The Bertz CT molecular complexity index is 859. The third-order valence-corrected chi connectivity index (χ3v) is 25.4. The standard InChI is InChI=1S/C25H20As2Br2/c28-25(29,26(21-13-5-1-6-14-21)22-15-7-2-8-16-22)27(23-17-9-3-10-18-23)24-19-11-4-12-20-24/h1-20H. The van der Waals surface area contributed by atoms with Crippen LogP contribution in [0.1, 0.15) is 0 Å². The summed E-state index contributed by atoms with van der Waals surface area (Å²) in [5.41, 5.74) is 0. The van der Waals surface area contributed by atoms with Crippen LogP contribution in [0, 0.1) is 0 Å². The monoisotopic (exact) mass is 628 g/mol. The quantitative estimate of drug-likeness (QED) is 0.222. The van der Waals surface area contributed by atoms with E-state index < -0.39 is 29.3 Å². The van der Waals surface area contributed by atoms with Gasteiger partial charge in [-0.3, -0.25) is 0 Å². The predicted octanol–water partition coefficient (Wildman–Crippen LogP) is 4.17. The zero-order valence-electron chi connectivity index (χ0n) is 15.7. The zero-order chi connectivity index (χ0) is 20.1. The molecule has 0 fully saturated rings. The van der Waals surface area contributed by atoms with E-state index in [0.717, 1.165) is 0 Å². The van der Waals surface area contributed by atoms with E-state index in [1.165, 1.54) is 17.4 Å². The molecule has 0 heterocycles. The van der Waals surface area contributed by atoms with Gasteiger partial charge in [-0.2, -0.15) is 0 Å². The molecule has 0 nitrogen and oxygen atoms in total. The van der Waals surface area contributed by atoms with Gasteiger partial charge in [0, 0.05) is 0 Å². The van der Waals surface area contributed by atoms with Gasteiger partial charge in [0.2, 0.25) is 0 Å². The van der Waals surface area contributed by atoms with Gasteiger partial charge in [-0.05, 0) is 0 Å². The summed E-state index contributed by atoms with van der Waals surface area (Å²) in [4.78, 5) is 0. The molecule has 0 aromatic heterocycles. The maximum atomic E-state index is 4.31. The minimum atomic E-state index is -1.75. The SMILES string of the molecule is BrC(Br)([As](c1ccccc1)c1ccccc1)[As](c1ccccc1)c1ccccc1. The molecular formula is C25H20As2Br2. The Morgan fingerprint density at radius 1 is 0.379 bits per heavy atom. The van der Waals surface area contributed by atoms with Crippen LogP contribution in [-0.4, -0.2) is 30.1 Å². The topological polar surface area (TPSA) is 0 Å². The van der Waals surface area contributed by atoms with Crippen LogP contribution in [0.2, 0.25) is 0 Å². The van der Waals surface area contributed by atoms with Crippen molar-refractivity contribution in [1.82, 2.24) is 0 Å². The number of alkyl halides is 2. The number of rotatable bonds is 6. The van der Waals surface area contributed by atoms with Crippen LogP contribution in [0.3, 0.4) is 0 Å². The van der Waals surface area contributed by atoms with Crippen LogP contribution in [0.5, 0.6) is 0 Å². The molecule has 0 unspecified atom stereocenters. The molecule has 0 bridgehead atoms. The Morgan fingerprint density at radius 3 is 0.793 bits per heavy atom. The third kappa shape index (κ3) is 4.83. The van der Waals surface area contributed by atoms with E-state index in [4.69, 9.17) is 0 Å². The van der Waals surface area contributed by atoms with Crippen molar-refractivity contribution in [3.63, 3.8) is 0 Å². The Kier molecular flexibility index (Phi) is 7.19. The third-order valence-electron chi connectivity index (χ3n) is 4.60. The van der Waals surface area contributed by atoms with Crippen molar-refractivity contribution in [1.29, 1.82) is 0 Å². The fourth-order valence-electron chi connectivity index (χ4n) is 3.33. The fourth-order valence-corrected chi connectivity index (χ4v) is 27.3. The molecule has 0 aliphatic carbocycles. The minimum absolute atomic E-state index is 0.134. The molecule has 0 amide bonds. The first-order chi connectivity index (χ1) is 14.2. The summed E-state index contributed by atoms with van der Waals surface area (Å²) in [5, 5.41) is 0. The second-order valence-corrected chi connectivity index (χ2v) is 26.9. The average molecular weight is 630 g/mol. The molecule has 0 aliphatic heterocycles. The first-order valence-corrected chi connectivity index (χ1v) is 16.6. The van der Waals surface area contributed by atoms with Crippen molar-refractivity contribution in [2.24, 2.45) is 0 Å². The van der Waals surface area contributed by atoms with E-state index in [2.05, 4.69) is 153 Å². The number of hydrogen-bond donors (Lipinski definition) is 0. The molecule has 144 valence electrons. The molecule has 0 aliphatic rings. The molecule has 4 aromatic rings. The molecule has 0 spiro atoms. The molecule has 0 saturated heterocycles. The van der Waals surface area contributed by atoms with Gasteiger partial charge in [-0.1, -0.05) is 0 Å². The molecule has 0 atom stereocenters. The normalized spacial score (nSPS) is 11.7. The maximum absolute atomic E-state index is 4.31. The Labute approximate surface area is 199 Å². The van der Waals surface area contributed by atoms with E-state index >= 15 is 0 Å². The van der Waals surface area contributed by atoms with Crippen LogP contribution >= 0.6 is 31.9 Å². The molecule has 4 aromatic carbocycles. The first-order valence-electron chi connectivity index (χ1n) is 9.36. The van der Waals surface area contributed by atoms with Crippen LogP contribution in [0.15, 0.2) is 121 Å². The fraction of sp³-hybridized carbons (Fsp3) is 0.0400. The molecule has 4 heteroatoms. The van der Waals surface area contributed by atoms with Crippen LogP contribution < -0.4 is 17.4 Å². The second kappa shape index (κ2) is 9.84. The van der Waals surface area contributed by atoms with Gasteiger partial charge in [-0.25, -0.2) is 0 Å². The van der Waals surface area contributed by atoms with E-state index in [0.29, 0.717) is 0 Å². The van der Waals surface area contributed by atoms with Gasteiger partial charge in [0.05, 0.1) is 0 Å². The first kappa shape index (κ1) is 21.2. The summed E-state index contributed by atoms with van der Waals surface area (Å²) in [5.74, 6) is 0.